The molecule has 3 aromatic rings. The number of halogens is 1. The number of benzene rings is 2. The molecule has 0 aliphatic heterocycles. The standard InChI is InChI=1S/C17H12FN3O2/c18-14-4-2-1-3-13(14)12-8-5-11(6-9-12)7-10-15-16(17(22)23)20-21-19-15/h1-10H,(H,22,23)(H,19,20,21). The van der Waals surface area contributed by atoms with E-state index < -0.39 is 5.97 Å². The van der Waals surface area contributed by atoms with Gasteiger partial charge in [0, 0.05) is 5.56 Å². The highest BCUT2D eigenvalue weighted by molar-refractivity contribution is 5.90. The van der Waals surface area contributed by atoms with Gasteiger partial charge in [-0.15, -0.1) is 5.10 Å². The van der Waals surface area contributed by atoms with Crippen molar-refractivity contribution in [2.45, 2.75) is 0 Å². The second-order valence-electron chi connectivity index (χ2n) is 4.81. The first-order chi connectivity index (χ1) is 11.1. The summed E-state index contributed by atoms with van der Waals surface area (Å²) in [6, 6.07) is 13.8. The van der Waals surface area contributed by atoms with Gasteiger partial charge in [0.2, 0.25) is 0 Å². The zero-order valence-electron chi connectivity index (χ0n) is 11.9. The Kier molecular flexibility index (Phi) is 3.97. The van der Waals surface area contributed by atoms with Gasteiger partial charge in [-0.25, -0.2) is 9.18 Å². The molecule has 0 amide bonds. The molecule has 0 unspecified atom stereocenters. The van der Waals surface area contributed by atoms with E-state index in [1.165, 1.54) is 6.07 Å². The predicted octanol–water partition coefficient (Wildman–Crippen LogP) is 3.48. The molecule has 0 bridgehead atoms. The summed E-state index contributed by atoms with van der Waals surface area (Å²) in [5.41, 5.74) is 2.33. The van der Waals surface area contributed by atoms with Crippen molar-refractivity contribution in [3.05, 3.63) is 71.3 Å². The summed E-state index contributed by atoms with van der Waals surface area (Å²) in [6.07, 6.45) is 3.31. The zero-order chi connectivity index (χ0) is 16.2. The summed E-state index contributed by atoms with van der Waals surface area (Å²) in [4.78, 5) is 10.9. The normalized spacial score (nSPS) is 11.0. The highest BCUT2D eigenvalue weighted by atomic mass is 19.1. The molecule has 2 aromatic carbocycles. The van der Waals surface area contributed by atoms with E-state index in [9.17, 15) is 9.18 Å². The molecule has 0 atom stereocenters. The van der Waals surface area contributed by atoms with Crippen LogP contribution in [0, 0.1) is 5.82 Å². The summed E-state index contributed by atoms with van der Waals surface area (Å²) >= 11 is 0. The fourth-order valence-electron chi connectivity index (χ4n) is 2.16. The monoisotopic (exact) mass is 309 g/mol. The van der Waals surface area contributed by atoms with E-state index in [-0.39, 0.29) is 11.5 Å². The molecule has 0 radical (unpaired) electrons. The van der Waals surface area contributed by atoms with Crippen LogP contribution in [0.3, 0.4) is 0 Å². The number of aromatic amines is 1. The first-order valence-electron chi connectivity index (χ1n) is 6.82. The minimum Gasteiger partial charge on any atom is -0.476 e. The highest BCUT2D eigenvalue weighted by Gasteiger charge is 2.11. The lowest BCUT2D eigenvalue weighted by atomic mass is 10.0. The molecule has 0 saturated carbocycles. The summed E-state index contributed by atoms with van der Waals surface area (Å²) < 4.78 is 13.7. The predicted molar refractivity (Wildman–Crippen MR) is 84.1 cm³/mol. The quantitative estimate of drug-likeness (QED) is 0.773. The zero-order valence-corrected chi connectivity index (χ0v) is 11.9. The average Bonchev–Trinajstić information content (AvgIpc) is 3.03. The third-order valence-electron chi connectivity index (χ3n) is 3.32. The van der Waals surface area contributed by atoms with Crippen molar-refractivity contribution in [2.24, 2.45) is 0 Å². The number of carboxylic acids is 1. The van der Waals surface area contributed by atoms with Crippen LogP contribution in [0.2, 0.25) is 0 Å². The average molecular weight is 309 g/mol. The number of carboxylic acid groups (broad SMARTS) is 1. The lowest BCUT2D eigenvalue weighted by Crippen LogP contribution is -1.98. The molecule has 1 heterocycles. The van der Waals surface area contributed by atoms with E-state index in [1.54, 1.807) is 42.5 Å². The molecule has 6 heteroatoms. The van der Waals surface area contributed by atoms with Crippen molar-refractivity contribution in [1.29, 1.82) is 0 Å². The molecular formula is C17H12FN3O2. The van der Waals surface area contributed by atoms with Crippen molar-refractivity contribution in [2.75, 3.05) is 0 Å². The number of rotatable bonds is 4. The van der Waals surface area contributed by atoms with Gasteiger partial charge in [0.25, 0.3) is 0 Å². The maximum atomic E-state index is 13.7. The largest absolute Gasteiger partial charge is 0.476 e. The first-order valence-corrected chi connectivity index (χ1v) is 6.82. The Bertz CT molecular complexity index is 870. The van der Waals surface area contributed by atoms with Crippen LogP contribution in [0.15, 0.2) is 48.5 Å². The molecule has 0 fully saturated rings. The Morgan fingerprint density at radius 1 is 1.09 bits per heavy atom. The molecule has 1 aromatic heterocycles. The van der Waals surface area contributed by atoms with Crippen LogP contribution in [0.4, 0.5) is 4.39 Å². The van der Waals surface area contributed by atoms with Crippen molar-refractivity contribution in [3.8, 4) is 11.1 Å². The Balaban J connectivity index is 1.83. The molecule has 5 nitrogen and oxygen atoms in total. The van der Waals surface area contributed by atoms with Crippen LogP contribution in [0.5, 0.6) is 0 Å². The minimum absolute atomic E-state index is 0.135. The van der Waals surface area contributed by atoms with Crippen molar-refractivity contribution >= 4 is 18.1 Å². The molecular weight excluding hydrogens is 297 g/mol. The molecule has 0 spiro atoms. The molecule has 0 aliphatic rings. The number of H-pyrrole nitrogens is 1. The molecule has 0 aliphatic carbocycles. The second kappa shape index (κ2) is 6.23. The number of carbonyl (C=O) groups is 1. The van der Waals surface area contributed by atoms with Crippen LogP contribution in [-0.4, -0.2) is 26.5 Å². The van der Waals surface area contributed by atoms with E-state index in [2.05, 4.69) is 15.4 Å². The lowest BCUT2D eigenvalue weighted by Gasteiger charge is -2.03. The number of hydrogen-bond acceptors (Lipinski definition) is 3. The lowest BCUT2D eigenvalue weighted by molar-refractivity contribution is 0.0690. The van der Waals surface area contributed by atoms with Crippen molar-refractivity contribution < 1.29 is 14.3 Å². The molecule has 114 valence electrons. The van der Waals surface area contributed by atoms with Gasteiger partial charge >= 0.3 is 5.97 Å². The Hall–Kier alpha value is -3.28. The number of hydrogen-bond donors (Lipinski definition) is 2. The van der Waals surface area contributed by atoms with E-state index in [0.29, 0.717) is 11.3 Å². The van der Waals surface area contributed by atoms with Gasteiger partial charge in [-0.1, -0.05) is 53.8 Å². The highest BCUT2D eigenvalue weighted by Crippen LogP contribution is 2.23. The van der Waals surface area contributed by atoms with Gasteiger partial charge in [0.15, 0.2) is 5.69 Å². The third-order valence-corrected chi connectivity index (χ3v) is 3.32. The Labute approximate surface area is 131 Å². The third kappa shape index (κ3) is 3.16. The van der Waals surface area contributed by atoms with Crippen LogP contribution >= 0.6 is 0 Å². The number of nitrogens with one attached hydrogen (secondary N) is 1. The number of nitrogens with zero attached hydrogens (tertiary/aromatic N) is 2. The summed E-state index contributed by atoms with van der Waals surface area (Å²) in [6.45, 7) is 0. The van der Waals surface area contributed by atoms with Crippen LogP contribution in [0.25, 0.3) is 23.3 Å². The van der Waals surface area contributed by atoms with Gasteiger partial charge in [0.05, 0.1) is 5.69 Å². The van der Waals surface area contributed by atoms with E-state index >= 15 is 0 Å². The maximum absolute atomic E-state index is 13.7. The van der Waals surface area contributed by atoms with E-state index in [4.69, 9.17) is 5.11 Å². The van der Waals surface area contributed by atoms with E-state index in [1.807, 2.05) is 12.1 Å². The van der Waals surface area contributed by atoms with Gasteiger partial charge in [0.1, 0.15) is 5.82 Å². The van der Waals surface area contributed by atoms with Crippen molar-refractivity contribution in [1.82, 2.24) is 15.4 Å². The van der Waals surface area contributed by atoms with Gasteiger partial charge < -0.3 is 5.11 Å². The van der Waals surface area contributed by atoms with Crippen LogP contribution in [0.1, 0.15) is 21.7 Å². The van der Waals surface area contributed by atoms with Crippen molar-refractivity contribution in [3.63, 3.8) is 0 Å². The molecule has 3 rings (SSSR count). The smallest absolute Gasteiger partial charge is 0.358 e. The fraction of sp³-hybridized carbons (Fsp3) is 0. The molecule has 23 heavy (non-hydrogen) atoms. The fourth-order valence-corrected chi connectivity index (χ4v) is 2.16. The Morgan fingerprint density at radius 2 is 1.83 bits per heavy atom. The first kappa shape index (κ1) is 14.6. The summed E-state index contributed by atoms with van der Waals surface area (Å²) in [5, 5.41) is 18.4. The van der Waals surface area contributed by atoms with Gasteiger partial charge in [-0.05, 0) is 23.3 Å². The molecule has 0 saturated heterocycles. The SMILES string of the molecule is O=C(O)c1nn[nH]c1C=Cc1ccc(-c2ccccc2F)cc1. The van der Waals surface area contributed by atoms with Crippen LogP contribution in [-0.2, 0) is 0 Å². The summed E-state index contributed by atoms with van der Waals surface area (Å²) in [7, 11) is 0. The number of aromatic carboxylic acids is 1. The molecule has 2 N–H and O–H groups in total. The van der Waals surface area contributed by atoms with Gasteiger partial charge in [-0.3, -0.25) is 5.10 Å². The maximum Gasteiger partial charge on any atom is 0.358 e. The van der Waals surface area contributed by atoms with Gasteiger partial charge in [-0.2, -0.15) is 0 Å². The van der Waals surface area contributed by atoms with Crippen LogP contribution < -0.4 is 0 Å². The topological polar surface area (TPSA) is 78.9 Å². The summed E-state index contributed by atoms with van der Waals surface area (Å²) in [5.74, 6) is -1.42. The minimum atomic E-state index is -1.15. The number of aromatic nitrogens is 3. The second-order valence-corrected chi connectivity index (χ2v) is 4.81. The van der Waals surface area contributed by atoms with E-state index in [0.717, 1.165) is 11.1 Å². The Morgan fingerprint density at radius 3 is 2.52 bits per heavy atom.